The third-order valence-corrected chi connectivity index (χ3v) is 6.59. The Morgan fingerprint density at radius 3 is 2.45 bits per heavy atom. The number of hydrogen-bond donors (Lipinski definition) is 1. The number of sulfone groups is 1. The van der Waals surface area contributed by atoms with Crippen LogP contribution in [0.25, 0.3) is 0 Å². The first-order valence-electron chi connectivity index (χ1n) is 7.74. The number of ether oxygens (including phenoxy) is 2. The Morgan fingerprint density at radius 1 is 1.15 bits per heavy atom. The first kappa shape index (κ1) is 16.2. The number of rotatable bonds is 7. The Hall–Kier alpha value is -0.170. The van der Waals surface area contributed by atoms with Gasteiger partial charge in [0, 0.05) is 31.8 Å². The van der Waals surface area contributed by atoms with Crippen molar-refractivity contribution in [3.05, 3.63) is 0 Å². The van der Waals surface area contributed by atoms with Gasteiger partial charge in [-0.25, -0.2) is 8.42 Å². The molecule has 0 aromatic heterocycles. The summed E-state index contributed by atoms with van der Waals surface area (Å²) >= 11 is 0. The lowest BCUT2D eigenvalue weighted by Crippen LogP contribution is -2.45. The average molecular weight is 305 g/mol. The van der Waals surface area contributed by atoms with Gasteiger partial charge >= 0.3 is 0 Å². The highest BCUT2D eigenvalue weighted by Gasteiger charge is 2.34. The van der Waals surface area contributed by atoms with E-state index in [4.69, 9.17) is 9.47 Å². The van der Waals surface area contributed by atoms with E-state index in [1.165, 1.54) is 0 Å². The van der Waals surface area contributed by atoms with Crippen LogP contribution in [0.2, 0.25) is 0 Å². The van der Waals surface area contributed by atoms with E-state index in [-0.39, 0.29) is 17.0 Å². The van der Waals surface area contributed by atoms with Crippen molar-refractivity contribution in [1.82, 2.24) is 5.32 Å². The smallest absolute Gasteiger partial charge is 0.154 e. The molecule has 20 heavy (non-hydrogen) atoms. The van der Waals surface area contributed by atoms with E-state index < -0.39 is 9.84 Å². The molecule has 5 nitrogen and oxygen atoms in total. The molecule has 0 bridgehead atoms. The quantitative estimate of drug-likeness (QED) is 0.760. The summed E-state index contributed by atoms with van der Waals surface area (Å²) in [6, 6.07) is 0.0327. The second-order valence-electron chi connectivity index (χ2n) is 5.83. The summed E-state index contributed by atoms with van der Waals surface area (Å²) in [6.07, 6.45) is 3.26. The van der Waals surface area contributed by atoms with Crippen LogP contribution in [0.3, 0.4) is 0 Å². The summed E-state index contributed by atoms with van der Waals surface area (Å²) in [7, 11) is -3.05. The maximum absolute atomic E-state index is 12.6. The van der Waals surface area contributed by atoms with Gasteiger partial charge in [-0.1, -0.05) is 6.92 Å². The molecule has 0 aliphatic carbocycles. The lowest BCUT2D eigenvalue weighted by atomic mass is 10.0. The van der Waals surface area contributed by atoms with Crippen molar-refractivity contribution < 1.29 is 17.9 Å². The molecule has 2 rings (SSSR count). The molecule has 0 spiro atoms. The van der Waals surface area contributed by atoms with E-state index in [0.29, 0.717) is 38.6 Å². The van der Waals surface area contributed by atoms with Crippen molar-refractivity contribution >= 4 is 9.84 Å². The standard InChI is InChI=1S/C14H27NO4S/c1-2-6-15-14(12-3-7-19-10-12)11-20(16,17)13-4-8-18-9-5-13/h12-15H,2-11H2,1H3. The van der Waals surface area contributed by atoms with Gasteiger partial charge in [0.25, 0.3) is 0 Å². The molecule has 2 aliphatic heterocycles. The fourth-order valence-electron chi connectivity index (χ4n) is 2.98. The topological polar surface area (TPSA) is 64.6 Å². The van der Waals surface area contributed by atoms with Gasteiger partial charge in [0.1, 0.15) is 0 Å². The third kappa shape index (κ3) is 4.41. The molecule has 2 atom stereocenters. The molecule has 6 heteroatoms. The van der Waals surface area contributed by atoms with Crippen molar-refractivity contribution in [2.45, 2.75) is 43.9 Å². The van der Waals surface area contributed by atoms with Crippen LogP contribution in [0, 0.1) is 5.92 Å². The van der Waals surface area contributed by atoms with Crippen LogP contribution in [0.1, 0.15) is 32.6 Å². The van der Waals surface area contributed by atoms with Crippen LogP contribution in [0.4, 0.5) is 0 Å². The molecule has 0 aromatic rings. The molecule has 2 fully saturated rings. The van der Waals surface area contributed by atoms with Crippen molar-refractivity contribution in [3.8, 4) is 0 Å². The second kappa shape index (κ2) is 7.73. The third-order valence-electron chi connectivity index (χ3n) is 4.28. The van der Waals surface area contributed by atoms with E-state index in [2.05, 4.69) is 12.2 Å². The Bertz CT molecular complexity index is 373. The van der Waals surface area contributed by atoms with Gasteiger partial charge in [0.05, 0.1) is 17.6 Å². The minimum Gasteiger partial charge on any atom is -0.381 e. The highest BCUT2D eigenvalue weighted by Crippen LogP contribution is 2.22. The summed E-state index contributed by atoms with van der Waals surface area (Å²) in [4.78, 5) is 0. The van der Waals surface area contributed by atoms with Gasteiger partial charge in [-0.15, -0.1) is 0 Å². The van der Waals surface area contributed by atoms with Gasteiger partial charge in [0.2, 0.25) is 0 Å². The van der Waals surface area contributed by atoms with Crippen LogP contribution in [-0.2, 0) is 19.3 Å². The lowest BCUT2D eigenvalue weighted by molar-refractivity contribution is 0.0982. The second-order valence-corrected chi connectivity index (χ2v) is 8.15. The predicted molar refractivity (Wildman–Crippen MR) is 78.6 cm³/mol. The van der Waals surface area contributed by atoms with E-state index >= 15 is 0 Å². The van der Waals surface area contributed by atoms with E-state index in [1.54, 1.807) is 0 Å². The van der Waals surface area contributed by atoms with Gasteiger partial charge in [-0.05, 0) is 32.2 Å². The summed E-state index contributed by atoms with van der Waals surface area (Å²) in [6.45, 7) is 5.55. The van der Waals surface area contributed by atoms with Gasteiger partial charge in [-0.3, -0.25) is 0 Å². The molecule has 0 amide bonds. The van der Waals surface area contributed by atoms with Crippen LogP contribution < -0.4 is 5.32 Å². The zero-order valence-electron chi connectivity index (χ0n) is 12.3. The van der Waals surface area contributed by atoms with Crippen molar-refractivity contribution in [2.75, 3.05) is 38.7 Å². The largest absolute Gasteiger partial charge is 0.381 e. The molecule has 1 N–H and O–H groups in total. The van der Waals surface area contributed by atoms with E-state index in [0.717, 1.165) is 26.0 Å². The van der Waals surface area contributed by atoms with Gasteiger partial charge in [-0.2, -0.15) is 0 Å². The van der Waals surface area contributed by atoms with Crippen LogP contribution >= 0.6 is 0 Å². The maximum Gasteiger partial charge on any atom is 0.154 e. The highest BCUT2D eigenvalue weighted by molar-refractivity contribution is 7.92. The molecule has 2 aliphatic rings. The van der Waals surface area contributed by atoms with Gasteiger partial charge < -0.3 is 14.8 Å². The molecule has 118 valence electrons. The number of hydrogen-bond acceptors (Lipinski definition) is 5. The number of nitrogens with one attached hydrogen (secondary N) is 1. The first-order chi connectivity index (χ1) is 9.63. The van der Waals surface area contributed by atoms with Crippen LogP contribution in [-0.4, -0.2) is 58.4 Å². The summed E-state index contributed by atoms with van der Waals surface area (Å²) in [5.74, 6) is 0.572. The monoisotopic (exact) mass is 305 g/mol. The predicted octanol–water partition coefficient (Wildman–Crippen LogP) is 0.985. The van der Waals surface area contributed by atoms with E-state index in [1.807, 2.05) is 0 Å². The van der Waals surface area contributed by atoms with Crippen LogP contribution in [0.5, 0.6) is 0 Å². The zero-order valence-corrected chi connectivity index (χ0v) is 13.2. The Kier molecular flexibility index (Phi) is 6.26. The molecular formula is C14H27NO4S. The molecular weight excluding hydrogens is 278 g/mol. The van der Waals surface area contributed by atoms with Gasteiger partial charge in [0.15, 0.2) is 9.84 Å². The molecule has 2 unspecified atom stereocenters. The first-order valence-corrected chi connectivity index (χ1v) is 9.45. The zero-order chi connectivity index (χ0) is 14.4. The molecule has 0 aromatic carbocycles. The Labute approximate surface area is 122 Å². The molecule has 0 saturated carbocycles. The lowest BCUT2D eigenvalue weighted by Gasteiger charge is -2.28. The van der Waals surface area contributed by atoms with Crippen LogP contribution in [0.15, 0.2) is 0 Å². The summed E-state index contributed by atoms with van der Waals surface area (Å²) in [5, 5.41) is 3.20. The SMILES string of the molecule is CCCNC(CS(=O)(=O)C1CCOCC1)C1CCOC1. The van der Waals surface area contributed by atoms with Crippen molar-refractivity contribution in [3.63, 3.8) is 0 Å². The highest BCUT2D eigenvalue weighted by atomic mass is 32.2. The minimum atomic E-state index is -3.05. The molecule has 2 heterocycles. The Morgan fingerprint density at radius 2 is 1.85 bits per heavy atom. The minimum absolute atomic E-state index is 0.0327. The normalized spacial score (nSPS) is 26.8. The van der Waals surface area contributed by atoms with Crippen molar-refractivity contribution in [2.24, 2.45) is 5.92 Å². The Balaban J connectivity index is 1.97. The average Bonchev–Trinajstić information content (AvgIpc) is 2.98. The van der Waals surface area contributed by atoms with E-state index in [9.17, 15) is 8.42 Å². The fourth-order valence-corrected chi connectivity index (χ4v) is 5.06. The summed E-state index contributed by atoms with van der Waals surface area (Å²) in [5.41, 5.74) is 0. The maximum atomic E-state index is 12.6. The van der Waals surface area contributed by atoms with Crippen molar-refractivity contribution in [1.29, 1.82) is 0 Å². The summed E-state index contributed by atoms with van der Waals surface area (Å²) < 4.78 is 35.8. The molecule has 0 radical (unpaired) electrons. The fraction of sp³-hybridized carbons (Fsp3) is 1.00. The molecule has 2 saturated heterocycles.